The van der Waals surface area contributed by atoms with Gasteiger partial charge in [0.1, 0.15) is 18.3 Å². The van der Waals surface area contributed by atoms with E-state index >= 15 is 0 Å². The second-order valence-electron chi connectivity index (χ2n) is 4.25. The normalized spacial score (nSPS) is 34.9. The molecule has 112 valence electrons. The van der Waals surface area contributed by atoms with Crippen molar-refractivity contribution in [3.05, 3.63) is 0 Å². The fraction of sp³-hybridized carbons (Fsp3) is 0.909. The largest absolute Gasteiger partial charge is 0.462 e. The average molecular weight is 295 g/mol. The molecule has 0 saturated carbocycles. The number of hydrogen-bond acceptors (Lipinski definition) is 7. The van der Waals surface area contributed by atoms with Crippen LogP contribution >= 0.6 is 12.2 Å². The van der Waals surface area contributed by atoms with Gasteiger partial charge in [-0.3, -0.25) is 0 Å². The third kappa shape index (κ3) is 3.74. The third-order valence-corrected chi connectivity index (χ3v) is 3.45. The molecule has 5 atom stereocenters. The SMILES string of the molecule is CCN(CC)C(=S)O[C@H]1[C@H](O)[C@@H](CO)OC(O)[C@@H]1O. The van der Waals surface area contributed by atoms with Crippen LogP contribution in [0.25, 0.3) is 0 Å². The first-order chi connectivity index (χ1) is 8.96. The lowest BCUT2D eigenvalue weighted by atomic mass is 9.99. The van der Waals surface area contributed by atoms with Gasteiger partial charge >= 0.3 is 0 Å². The lowest BCUT2D eigenvalue weighted by molar-refractivity contribution is -0.284. The van der Waals surface area contributed by atoms with Crippen LogP contribution in [-0.4, -0.2) is 80.9 Å². The predicted molar refractivity (Wildman–Crippen MR) is 70.4 cm³/mol. The molecule has 0 radical (unpaired) electrons. The van der Waals surface area contributed by atoms with Gasteiger partial charge in [-0.25, -0.2) is 0 Å². The van der Waals surface area contributed by atoms with Crippen LogP contribution in [0.3, 0.4) is 0 Å². The minimum absolute atomic E-state index is 0.124. The van der Waals surface area contributed by atoms with Gasteiger partial charge in [-0.1, -0.05) is 0 Å². The van der Waals surface area contributed by atoms with Crippen molar-refractivity contribution in [2.24, 2.45) is 0 Å². The zero-order valence-corrected chi connectivity index (χ0v) is 11.8. The summed E-state index contributed by atoms with van der Waals surface area (Å²) in [6, 6.07) is 0. The Morgan fingerprint density at radius 1 is 1.21 bits per heavy atom. The van der Waals surface area contributed by atoms with Crippen molar-refractivity contribution in [3.63, 3.8) is 0 Å². The van der Waals surface area contributed by atoms with Crippen LogP contribution in [0.1, 0.15) is 13.8 Å². The lowest BCUT2D eigenvalue weighted by Gasteiger charge is -2.40. The number of aliphatic hydroxyl groups excluding tert-OH is 4. The molecule has 1 unspecified atom stereocenters. The van der Waals surface area contributed by atoms with Crippen molar-refractivity contribution in [3.8, 4) is 0 Å². The van der Waals surface area contributed by atoms with Crippen LogP contribution in [0.15, 0.2) is 0 Å². The fourth-order valence-electron chi connectivity index (χ4n) is 1.88. The van der Waals surface area contributed by atoms with Crippen molar-refractivity contribution in [1.82, 2.24) is 4.90 Å². The van der Waals surface area contributed by atoms with E-state index in [1.54, 1.807) is 4.90 Å². The van der Waals surface area contributed by atoms with Crippen molar-refractivity contribution in [2.45, 2.75) is 44.6 Å². The second kappa shape index (κ2) is 7.32. The Hall–Kier alpha value is -0.510. The molecule has 8 heteroatoms. The smallest absolute Gasteiger partial charge is 0.259 e. The lowest BCUT2D eigenvalue weighted by Crippen LogP contribution is -2.60. The van der Waals surface area contributed by atoms with Crippen LogP contribution in [0, 0.1) is 0 Å². The highest BCUT2D eigenvalue weighted by atomic mass is 32.1. The summed E-state index contributed by atoms with van der Waals surface area (Å²) in [5, 5.41) is 38.4. The standard InChI is InChI=1S/C11H21NO6S/c1-3-12(4-2)11(19)18-9-7(14)6(5-13)17-10(16)8(9)15/h6-10,13-16H,3-5H2,1-2H3/t6-,7-,8-,9+,10?/m1/s1. The van der Waals surface area contributed by atoms with Gasteiger partial charge in [0.25, 0.3) is 5.17 Å². The van der Waals surface area contributed by atoms with E-state index in [4.69, 9.17) is 26.8 Å². The van der Waals surface area contributed by atoms with E-state index < -0.39 is 37.3 Å². The number of thiocarbonyl (C=S) groups is 1. The Morgan fingerprint density at radius 2 is 1.79 bits per heavy atom. The van der Waals surface area contributed by atoms with Crippen LogP contribution in [-0.2, 0) is 9.47 Å². The monoisotopic (exact) mass is 295 g/mol. The summed E-state index contributed by atoms with van der Waals surface area (Å²) in [6.45, 7) is 4.53. The first-order valence-electron chi connectivity index (χ1n) is 6.22. The van der Waals surface area contributed by atoms with E-state index in [-0.39, 0.29) is 5.17 Å². The van der Waals surface area contributed by atoms with Gasteiger partial charge in [-0.15, -0.1) is 0 Å². The van der Waals surface area contributed by atoms with Crippen LogP contribution in [0.2, 0.25) is 0 Å². The molecule has 0 amide bonds. The Kier molecular flexibility index (Phi) is 6.37. The summed E-state index contributed by atoms with van der Waals surface area (Å²) in [4.78, 5) is 1.73. The van der Waals surface area contributed by atoms with Gasteiger partial charge in [-0.2, -0.15) is 0 Å². The average Bonchev–Trinajstić information content (AvgIpc) is 2.40. The first kappa shape index (κ1) is 16.5. The van der Waals surface area contributed by atoms with Gasteiger partial charge in [0.15, 0.2) is 12.4 Å². The Bertz CT molecular complexity index is 301. The van der Waals surface area contributed by atoms with Crippen LogP contribution in [0.5, 0.6) is 0 Å². The first-order valence-corrected chi connectivity index (χ1v) is 6.63. The highest BCUT2D eigenvalue weighted by Gasteiger charge is 2.45. The van der Waals surface area contributed by atoms with E-state index in [0.29, 0.717) is 13.1 Å². The van der Waals surface area contributed by atoms with Gasteiger partial charge in [0, 0.05) is 13.1 Å². The summed E-state index contributed by atoms with van der Waals surface area (Å²) in [5.74, 6) is 0. The topological polar surface area (TPSA) is 103 Å². The molecular formula is C11H21NO6S. The van der Waals surface area contributed by atoms with Gasteiger partial charge in [-0.05, 0) is 26.1 Å². The quantitative estimate of drug-likeness (QED) is 0.461. The van der Waals surface area contributed by atoms with E-state index in [1.165, 1.54) is 0 Å². The maximum Gasteiger partial charge on any atom is 0.259 e. The van der Waals surface area contributed by atoms with Gasteiger partial charge in [0.05, 0.1) is 6.61 Å². The maximum atomic E-state index is 9.93. The predicted octanol–water partition coefficient (Wildman–Crippen LogP) is -1.57. The summed E-state index contributed by atoms with van der Waals surface area (Å²) in [5.41, 5.74) is 0. The minimum atomic E-state index is -1.54. The Morgan fingerprint density at radius 3 is 2.26 bits per heavy atom. The van der Waals surface area contributed by atoms with E-state index in [9.17, 15) is 15.3 Å². The van der Waals surface area contributed by atoms with Crippen LogP contribution < -0.4 is 0 Å². The molecule has 1 aliphatic rings. The van der Waals surface area contributed by atoms with Crippen LogP contribution in [0.4, 0.5) is 0 Å². The number of hydrogen-bond donors (Lipinski definition) is 4. The van der Waals surface area contributed by atoms with E-state index in [0.717, 1.165) is 0 Å². The molecule has 0 aromatic carbocycles. The number of nitrogens with zero attached hydrogens (tertiary/aromatic N) is 1. The highest BCUT2D eigenvalue weighted by Crippen LogP contribution is 2.23. The molecular weight excluding hydrogens is 274 g/mol. The summed E-state index contributed by atoms with van der Waals surface area (Å²) in [7, 11) is 0. The van der Waals surface area contributed by atoms with E-state index in [2.05, 4.69) is 0 Å². The fourth-order valence-corrected chi connectivity index (χ4v) is 2.25. The number of aliphatic hydroxyl groups is 4. The maximum absolute atomic E-state index is 9.93. The molecule has 0 bridgehead atoms. The zero-order chi connectivity index (χ0) is 14.6. The molecule has 1 aliphatic heterocycles. The Balaban J connectivity index is 2.75. The molecule has 1 fully saturated rings. The summed E-state index contributed by atoms with van der Waals surface area (Å²) in [6.07, 6.45) is -6.43. The molecule has 0 aromatic rings. The number of rotatable bonds is 4. The number of ether oxygens (including phenoxy) is 2. The molecule has 1 heterocycles. The third-order valence-electron chi connectivity index (χ3n) is 3.10. The molecule has 1 saturated heterocycles. The van der Waals surface area contributed by atoms with Gasteiger partial charge in [0.2, 0.25) is 0 Å². The molecule has 19 heavy (non-hydrogen) atoms. The summed E-state index contributed by atoms with van der Waals surface area (Å²) < 4.78 is 10.2. The molecule has 0 spiro atoms. The Labute approximate surface area is 117 Å². The van der Waals surface area contributed by atoms with Crippen molar-refractivity contribution >= 4 is 17.4 Å². The second-order valence-corrected chi connectivity index (χ2v) is 4.60. The zero-order valence-electron chi connectivity index (χ0n) is 11.0. The van der Waals surface area contributed by atoms with E-state index in [1.807, 2.05) is 13.8 Å². The minimum Gasteiger partial charge on any atom is -0.462 e. The molecule has 7 nitrogen and oxygen atoms in total. The highest BCUT2D eigenvalue weighted by molar-refractivity contribution is 7.80. The molecule has 4 N–H and O–H groups in total. The van der Waals surface area contributed by atoms with Crippen molar-refractivity contribution in [2.75, 3.05) is 19.7 Å². The van der Waals surface area contributed by atoms with Crippen molar-refractivity contribution < 1.29 is 29.9 Å². The molecule has 1 rings (SSSR count). The summed E-state index contributed by atoms with van der Waals surface area (Å²) >= 11 is 5.07. The molecule has 0 aromatic heterocycles. The molecule has 0 aliphatic carbocycles. The van der Waals surface area contributed by atoms with Crippen molar-refractivity contribution in [1.29, 1.82) is 0 Å². The van der Waals surface area contributed by atoms with Gasteiger partial charge < -0.3 is 34.8 Å².